The molecule has 4 heteroatoms. The lowest BCUT2D eigenvalue weighted by Crippen LogP contribution is -2.31. The van der Waals surface area contributed by atoms with Crippen LogP contribution in [0.2, 0.25) is 0 Å². The minimum absolute atomic E-state index is 0.0697. The number of ether oxygens (including phenoxy) is 2. The molecule has 76 valence electrons. The fourth-order valence-electron chi connectivity index (χ4n) is 1.85. The van der Waals surface area contributed by atoms with E-state index in [-0.39, 0.29) is 4.83 Å². The van der Waals surface area contributed by atoms with E-state index in [9.17, 15) is 4.79 Å². The normalized spacial score (nSPS) is 28.7. The van der Waals surface area contributed by atoms with Crippen LogP contribution in [0.25, 0.3) is 0 Å². The number of hydrogen-bond acceptors (Lipinski definition) is 3. The van der Waals surface area contributed by atoms with Gasteiger partial charge in [0.15, 0.2) is 5.79 Å². The minimum atomic E-state index is -0.459. The Morgan fingerprint density at radius 2 is 2.15 bits per heavy atom. The monoisotopic (exact) mass is 250 g/mol. The summed E-state index contributed by atoms with van der Waals surface area (Å²) in [7, 11) is 3.30. The third kappa shape index (κ3) is 2.30. The minimum Gasteiger partial charge on any atom is -0.353 e. The molecule has 0 N–H and O–H groups in total. The van der Waals surface area contributed by atoms with Crippen molar-refractivity contribution in [1.82, 2.24) is 0 Å². The molecule has 0 amide bonds. The maximum atomic E-state index is 10.6. The first-order chi connectivity index (χ1) is 6.17. The van der Waals surface area contributed by atoms with Crippen LogP contribution in [0.1, 0.15) is 19.3 Å². The molecule has 2 unspecified atom stereocenters. The average molecular weight is 251 g/mol. The largest absolute Gasteiger partial charge is 0.353 e. The van der Waals surface area contributed by atoms with Crippen molar-refractivity contribution in [2.75, 3.05) is 14.2 Å². The zero-order chi connectivity index (χ0) is 9.90. The first-order valence-electron chi connectivity index (χ1n) is 4.37. The molecular formula is C9H15BrO3. The summed E-state index contributed by atoms with van der Waals surface area (Å²) in [5.41, 5.74) is 0. The molecule has 1 aliphatic rings. The van der Waals surface area contributed by atoms with Crippen molar-refractivity contribution in [1.29, 1.82) is 0 Å². The van der Waals surface area contributed by atoms with Crippen LogP contribution in [0.5, 0.6) is 0 Å². The molecule has 1 aliphatic carbocycles. The predicted molar refractivity (Wildman–Crippen MR) is 52.9 cm³/mol. The summed E-state index contributed by atoms with van der Waals surface area (Å²) in [6, 6.07) is 0. The van der Waals surface area contributed by atoms with E-state index in [2.05, 4.69) is 15.9 Å². The van der Waals surface area contributed by atoms with Crippen LogP contribution >= 0.6 is 15.9 Å². The molecular weight excluding hydrogens is 236 g/mol. The molecule has 0 saturated heterocycles. The van der Waals surface area contributed by atoms with Gasteiger partial charge in [-0.05, 0) is 12.3 Å². The number of hydrogen-bond donors (Lipinski definition) is 0. The van der Waals surface area contributed by atoms with Crippen molar-refractivity contribution < 1.29 is 14.3 Å². The molecule has 1 rings (SSSR count). The molecule has 2 atom stereocenters. The van der Waals surface area contributed by atoms with Crippen LogP contribution in [0, 0.1) is 5.92 Å². The molecule has 3 nitrogen and oxygen atoms in total. The maximum Gasteiger partial charge on any atom is 0.167 e. The molecule has 0 heterocycles. The van der Waals surface area contributed by atoms with Gasteiger partial charge in [0.2, 0.25) is 0 Å². The van der Waals surface area contributed by atoms with Gasteiger partial charge in [0.1, 0.15) is 6.29 Å². The Bertz CT molecular complexity index is 180. The molecule has 13 heavy (non-hydrogen) atoms. The van der Waals surface area contributed by atoms with Crippen molar-refractivity contribution in [3.8, 4) is 0 Å². The Balaban J connectivity index is 2.56. The van der Waals surface area contributed by atoms with Gasteiger partial charge in [-0.25, -0.2) is 0 Å². The maximum absolute atomic E-state index is 10.6. The number of halogens is 1. The predicted octanol–water partition coefficient (Wildman–Crippen LogP) is 1.74. The number of aldehydes is 1. The van der Waals surface area contributed by atoms with Gasteiger partial charge in [-0.1, -0.05) is 15.9 Å². The molecule has 0 aromatic heterocycles. The molecule has 1 saturated carbocycles. The topological polar surface area (TPSA) is 35.5 Å². The second-order valence-corrected chi connectivity index (χ2v) is 4.46. The van der Waals surface area contributed by atoms with Gasteiger partial charge in [0.25, 0.3) is 0 Å². The fraction of sp³-hybridized carbons (Fsp3) is 0.889. The zero-order valence-corrected chi connectivity index (χ0v) is 9.54. The third-order valence-corrected chi connectivity index (χ3v) is 3.76. The van der Waals surface area contributed by atoms with Gasteiger partial charge in [0.05, 0.1) is 4.83 Å². The quantitative estimate of drug-likeness (QED) is 0.433. The number of alkyl halides is 1. The van der Waals surface area contributed by atoms with Crippen LogP contribution in [0.3, 0.4) is 0 Å². The second kappa shape index (κ2) is 4.53. The molecule has 0 aliphatic heterocycles. The van der Waals surface area contributed by atoms with E-state index in [1.807, 2.05) is 0 Å². The van der Waals surface area contributed by atoms with Gasteiger partial charge >= 0.3 is 0 Å². The van der Waals surface area contributed by atoms with E-state index in [4.69, 9.17) is 9.47 Å². The first kappa shape index (κ1) is 11.1. The smallest absolute Gasteiger partial charge is 0.167 e. The Kier molecular flexibility index (Phi) is 3.88. The van der Waals surface area contributed by atoms with Crippen LogP contribution in [-0.4, -0.2) is 31.1 Å². The van der Waals surface area contributed by atoms with Crippen LogP contribution < -0.4 is 0 Å². The fourth-order valence-corrected chi connectivity index (χ4v) is 2.30. The highest BCUT2D eigenvalue weighted by molar-refractivity contribution is 9.09. The number of methoxy groups -OCH3 is 2. The molecule has 0 aromatic rings. The summed E-state index contributed by atoms with van der Waals surface area (Å²) in [5.74, 6) is -0.128. The summed E-state index contributed by atoms with van der Waals surface area (Å²) in [5, 5.41) is 0. The summed E-state index contributed by atoms with van der Waals surface area (Å²) in [6.07, 6.45) is 3.55. The number of carbonyl (C=O) groups excluding carboxylic acids is 1. The van der Waals surface area contributed by atoms with E-state index in [1.165, 1.54) is 0 Å². The standard InChI is InChI=1S/C9H15BrO3/c1-12-9(13-2)4-3-7(5-9)8(10)6-11/h6-8H,3-5H2,1-2H3. The Morgan fingerprint density at radius 1 is 1.54 bits per heavy atom. The van der Waals surface area contributed by atoms with Crippen molar-refractivity contribution in [3.05, 3.63) is 0 Å². The first-order valence-corrected chi connectivity index (χ1v) is 5.28. The zero-order valence-electron chi connectivity index (χ0n) is 7.96. The van der Waals surface area contributed by atoms with Crippen molar-refractivity contribution >= 4 is 22.2 Å². The van der Waals surface area contributed by atoms with Crippen molar-refractivity contribution in [3.63, 3.8) is 0 Å². The number of rotatable bonds is 4. The highest BCUT2D eigenvalue weighted by atomic mass is 79.9. The van der Waals surface area contributed by atoms with Gasteiger partial charge in [-0.3, -0.25) is 0 Å². The summed E-state index contributed by atoms with van der Waals surface area (Å²) in [6.45, 7) is 0. The summed E-state index contributed by atoms with van der Waals surface area (Å²) in [4.78, 5) is 10.5. The summed E-state index contributed by atoms with van der Waals surface area (Å²) >= 11 is 3.33. The summed E-state index contributed by atoms with van der Waals surface area (Å²) < 4.78 is 10.6. The average Bonchev–Trinajstić information content (AvgIpc) is 2.61. The van der Waals surface area contributed by atoms with Crippen LogP contribution in [0.4, 0.5) is 0 Å². The van der Waals surface area contributed by atoms with Gasteiger partial charge in [0, 0.05) is 27.1 Å². The Labute approximate surface area is 86.9 Å². The Morgan fingerprint density at radius 3 is 2.54 bits per heavy atom. The van der Waals surface area contributed by atoms with E-state index >= 15 is 0 Å². The number of carbonyl (C=O) groups is 1. The lowest BCUT2D eigenvalue weighted by atomic mass is 10.0. The lowest BCUT2D eigenvalue weighted by molar-refractivity contribution is -0.202. The molecule has 0 aromatic carbocycles. The lowest BCUT2D eigenvalue weighted by Gasteiger charge is -2.26. The third-order valence-electron chi connectivity index (χ3n) is 2.79. The van der Waals surface area contributed by atoms with Gasteiger partial charge < -0.3 is 14.3 Å². The van der Waals surface area contributed by atoms with Crippen LogP contribution in [-0.2, 0) is 14.3 Å². The van der Waals surface area contributed by atoms with E-state index in [0.717, 1.165) is 25.5 Å². The SMILES string of the molecule is COC1(OC)CCC(C(Br)C=O)C1. The van der Waals surface area contributed by atoms with Crippen molar-refractivity contribution in [2.24, 2.45) is 5.92 Å². The van der Waals surface area contributed by atoms with E-state index in [0.29, 0.717) is 5.92 Å². The second-order valence-electron chi connectivity index (χ2n) is 3.40. The molecule has 0 radical (unpaired) electrons. The van der Waals surface area contributed by atoms with E-state index in [1.54, 1.807) is 14.2 Å². The van der Waals surface area contributed by atoms with Crippen LogP contribution in [0.15, 0.2) is 0 Å². The van der Waals surface area contributed by atoms with E-state index < -0.39 is 5.79 Å². The Hall–Kier alpha value is 0.0700. The highest BCUT2D eigenvalue weighted by Gasteiger charge is 2.41. The molecule has 1 fully saturated rings. The van der Waals surface area contributed by atoms with Gasteiger partial charge in [-0.2, -0.15) is 0 Å². The highest BCUT2D eigenvalue weighted by Crippen LogP contribution is 2.40. The molecule has 0 bridgehead atoms. The molecule has 0 spiro atoms. The van der Waals surface area contributed by atoms with Gasteiger partial charge in [-0.15, -0.1) is 0 Å². The van der Waals surface area contributed by atoms with Crippen molar-refractivity contribution in [2.45, 2.75) is 29.9 Å².